The predicted octanol–water partition coefficient (Wildman–Crippen LogP) is 1.89. The number of aromatic nitrogens is 3. The molecule has 3 rings (SSSR count). The lowest BCUT2D eigenvalue weighted by Crippen LogP contribution is -2.53. The molecule has 0 radical (unpaired) electrons. The van der Waals surface area contributed by atoms with Crippen LogP contribution >= 0.6 is 11.6 Å². The van der Waals surface area contributed by atoms with Crippen LogP contribution in [0.4, 0.5) is 10.3 Å². The van der Waals surface area contributed by atoms with E-state index in [4.69, 9.17) is 16.3 Å². The molecular formula is C13H17ClFN5O. The minimum Gasteiger partial charge on any atom is -0.479 e. The number of fused-ring (bicyclic) bond motifs is 1. The van der Waals surface area contributed by atoms with Crippen LogP contribution in [0.2, 0.25) is 5.02 Å². The van der Waals surface area contributed by atoms with Gasteiger partial charge >= 0.3 is 0 Å². The third kappa shape index (κ3) is 2.63. The molecule has 0 aliphatic carbocycles. The summed E-state index contributed by atoms with van der Waals surface area (Å²) in [6.45, 7) is 2.63. The maximum Gasteiger partial charge on any atom is 0.244 e. The van der Waals surface area contributed by atoms with Gasteiger partial charge in [0.2, 0.25) is 11.8 Å². The summed E-state index contributed by atoms with van der Waals surface area (Å²) in [5, 5.41) is 10.9. The second kappa shape index (κ2) is 5.31. The predicted molar refractivity (Wildman–Crippen MR) is 79.0 cm³/mol. The molecule has 2 aromatic rings. The van der Waals surface area contributed by atoms with Gasteiger partial charge in [-0.15, -0.1) is 5.10 Å². The van der Waals surface area contributed by atoms with Gasteiger partial charge in [-0.25, -0.2) is 8.91 Å². The maximum absolute atomic E-state index is 14.5. The molecule has 1 aliphatic heterocycles. The molecule has 1 unspecified atom stereocenters. The van der Waals surface area contributed by atoms with E-state index in [9.17, 15) is 4.39 Å². The molecule has 114 valence electrons. The third-order valence-corrected chi connectivity index (χ3v) is 4.04. The number of halogens is 2. The van der Waals surface area contributed by atoms with Crippen LogP contribution in [0, 0.1) is 0 Å². The Morgan fingerprint density at radius 3 is 3.14 bits per heavy atom. The molecule has 6 nitrogen and oxygen atoms in total. The molecule has 1 aliphatic rings. The van der Waals surface area contributed by atoms with Crippen LogP contribution in [0.1, 0.15) is 13.3 Å². The minimum atomic E-state index is -1.36. The maximum atomic E-state index is 14.5. The lowest BCUT2D eigenvalue weighted by molar-refractivity contribution is 0.127. The minimum absolute atomic E-state index is 0.305. The Labute approximate surface area is 126 Å². The van der Waals surface area contributed by atoms with E-state index >= 15 is 0 Å². The topological polar surface area (TPSA) is 63.5 Å². The van der Waals surface area contributed by atoms with E-state index in [0.717, 1.165) is 6.54 Å². The van der Waals surface area contributed by atoms with E-state index in [0.29, 0.717) is 35.3 Å². The number of hydrogen-bond donors (Lipinski definition) is 2. The van der Waals surface area contributed by atoms with Gasteiger partial charge in [0.25, 0.3) is 0 Å². The quantitative estimate of drug-likeness (QED) is 0.906. The zero-order chi connectivity index (χ0) is 15.0. The fraction of sp³-hybridized carbons (Fsp3) is 0.538. The van der Waals surface area contributed by atoms with Gasteiger partial charge in [-0.1, -0.05) is 11.6 Å². The normalized spacial score (nSPS) is 26.0. The highest BCUT2D eigenvalue weighted by Crippen LogP contribution is 2.28. The molecule has 0 spiro atoms. The molecule has 8 heteroatoms. The van der Waals surface area contributed by atoms with E-state index in [-0.39, 0.29) is 6.04 Å². The molecule has 2 N–H and O–H groups in total. The van der Waals surface area contributed by atoms with E-state index in [1.54, 1.807) is 23.7 Å². The molecule has 2 atom stereocenters. The number of rotatable bonds is 3. The number of anilines is 1. The SMILES string of the molecule is COc1nc(N[C@@H]2CCNCC2(C)F)nn2ccc(Cl)c12. The summed E-state index contributed by atoms with van der Waals surface area (Å²) in [6, 6.07) is 1.36. The molecule has 0 aromatic carbocycles. The molecule has 1 saturated heterocycles. The van der Waals surface area contributed by atoms with Crippen LogP contribution in [-0.2, 0) is 0 Å². The van der Waals surface area contributed by atoms with Crippen molar-refractivity contribution in [1.82, 2.24) is 19.9 Å². The van der Waals surface area contributed by atoms with Crippen molar-refractivity contribution >= 4 is 23.1 Å². The first kappa shape index (κ1) is 14.3. The number of alkyl halides is 1. The largest absolute Gasteiger partial charge is 0.479 e. The molecule has 1 fully saturated rings. The summed E-state index contributed by atoms with van der Waals surface area (Å²) in [5.41, 5.74) is -0.768. The lowest BCUT2D eigenvalue weighted by Gasteiger charge is -2.35. The Bertz CT molecular complexity index is 659. The molecule has 2 aromatic heterocycles. The van der Waals surface area contributed by atoms with Gasteiger partial charge in [-0.05, 0) is 26.0 Å². The number of piperidine rings is 1. The van der Waals surface area contributed by atoms with Crippen molar-refractivity contribution in [2.45, 2.75) is 25.1 Å². The molecule has 0 saturated carbocycles. The van der Waals surface area contributed by atoms with E-state index in [2.05, 4.69) is 20.7 Å². The number of nitrogens with zero attached hydrogens (tertiary/aromatic N) is 3. The van der Waals surface area contributed by atoms with E-state index in [1.165, 1.54) is 7.11 Å². The van der Waals surface area contributed by atoms with Crippen molar-refractivity contribution in [1.29, 1.82) is 0 Å². The Hall–Kier alpha value is -1.60. The van der Waals surface area contributed by atoms with Crippen LogP contribution in [0.15, 0.2) is 12.3 Å². The summed E-state index contributed by atoms with van der Waals surface area (Å²) in [5.74, 6) is 0.680. The van der Waals surface area contributed by atoms with E-state index in [1.807, 2.05) is 0 Å². The van der Waals surface area contributed by atoms with Gasteiger partial charge in [0.15, 0.2) is 0 Å². The molecule has 0 bridgehead atoms. The van der Waals surface area contributed by atoms with Crippen molar-refractivity contribution in [2.75, 3.05) is 25.5 Å². The highest BCUT2D eigenvalue weighted by Gasteiger charge is 2.37. The Morgan fingerprint density at radius 2 is 2.43 bits per heavy atom. The Morgan fingerprint density at radius 1 is 1.62 bits per heavy atom. The van der Waals surface area contributed by atoms with Crippen molar-refractivity contribution in [2.24, 2.45) is 0 Å². The summed E-state index contributed by atoms with van der Waals surface area (Å²) in [7, 11) is 1.51. The van der Waals surface area contributed by atoms with Gasteiger partial charge in [0.05, 0.1) is 18.2 Å². The fourth-order valence-electron chi connectivity index (χ4n) is 2.54. The van der Waals surface area contributed by atoms with Crippen LogP contribution in [0.5, 0.6) is 5.88 Å². The average molecular weight is 314 g/mol. The van der Waals surface area contributed by atoms with Crippen LogP contribution in [0.3, 0.4) is 0 Å². The van der Waals surface area contributed by atoms with Crippen LogP contribution < -0.4 is 15.4 Å². The number of ether oxygens (including phenoxy) is 1. The smallest absolute Gasteiger partial charge is 0.244 e. The van der Waals surface area contributed by atoms with Crippen molar-refractivity contribution in [3.05, 3.63) is 17.3 Å². The van der Waals surface area contributed by atoms with E-state index < -0.39 is 5.67 Å². The fourth-order valence-corrected chi connectivity index (χ4v) is 2.77. The molecule has 0 amide bonds. The van der Waals surface area contributed by atoms with Gasteiger partial charge < -0.3 is 15.4 Å². The number of nitrogens with one attached hydrogen (secondary N) is 2. The Kier molecular flexibility index (Phi) is 3.62. The molecule has 3 heterocycles. The summed E-state index contributed by atoms with van der Waals surface area (Å²) < 4.78 is 21.3. The summed E-state index contributed by atoms with van der Waals surface area (Å²) >= 11 is 6.08. The molecule has 21 heavy (non-hydrogen) atoms. The van der Waals surface area contributed by atoms with Gasteiger partial charge in [-0.3, -0.25) is 0 Å². The summed E-state index contributed by atoms with van der Waals surface area (Å²) in [4.78, 5) is 4.28. The highest BCUT2D eigenvalue weighted by molar-refractivity contribution is 6.34. The zero-order valence-corrected chi connectivity index (χ0v) is 12.6. The van der Waals surface area contributed by atoms with Crippen molar-refractivity contribution < 1.29 is 9.13 Å². The average Bonchev–Trinajstić information content (AvgIpc) is 2.82. The first-order valence-electron chi connectivity index (χ1n) is 6.76. The Balaban J connectivity index is 1.94. The first-order chi connectivity index (χ1) is 10.0. The number of hydrogen-bond acceptors (Lipinski definition) is 5. The third-order valence-electron chi connectivity index (χ3n) is 3.73. The second-order valence-corrected chi connectivity index (χ2v) is 5.75. The van der Waals surface area contributed by atoms with Crippen molar-refractivity contribution in [3.8, 4) is 5.88 Å². The number of methoxy groups -OCH3 is 1. The van der Waals surface area contributed by atoms with Crippen LogP contribution in [-0.4, -0.2) is 46.5 Å². The molecular weight excluding hydrogens is 297 g/mol. The van der Waals surface area contributed by atoms with Crippen molar-refractivity contribution in [3.63, 3.8) is 0 Å². The van der Waals surface area contributed by atoms with Gasteiger partial charge in [0, 0.05) is 12.7 Å². The monoisotopic (exact) mass is 313 g/mol. The highest BCUT2D eigenvalue weighted by atomic mass is 35.5. The van der Waals surface area contributed by atoms with Crippen LogP contribution in [0.25, 0.3) is 5.52 Å². The zero-order valence-electron chi connectivity index (χ0n) is 11.9. The van der Waals surface area contributed by atoms with Gasteiger partial charge in [0.1, 0.15) is 11.2 Å². The standard InChI is InChI=1S/C13H17ClFN5O/c1-13(15)7-16-5-3-9(13)17-12-18-11(21-2)10-8(14)4-6-20(10)19-12/h4,6,9,16H,3,5,7H2,1-2H3,(H,17,19)/t9-,13?/m1/s1. The first-order valence-corrected chi connectivity index (χ1v) is 7.14. The second-order valence-electron chi connectivity index (χ2n) is 5.34. The van der Waals surface area contributed by atoms with Gasteiger partial charge in [-0.2, -0.15) is 4.98 Å². The summed E-state index contributed by atoms with van der Waals surface area (Å²) in [6.07, 6.45) is 2.37. The lowest BCUT2D eigenvalue weighted by atomic mass is 9.92.